The molecule has 1 heterocycles. The van der Waals surface area contributed by atoms with Gasteiger partial charge in [-0.3, -0.25) is 4.79 Å². The van der Waals surface area contributed by atoms with E-state index in [0.717, 1.165) is 35.3 Å². The summed E-state index contributed by atoms with van der Waals surface area (Å²) in [5, 5.41) is 10.9. The molecule has 0 fully saturated rings. The third kappa shape index (κ3) is 4.26. The molecule has 1 N–H and O–H groups in total. The van der Waals surface area contributed by atoms with Gasteiger partial charge in [-0.1, -0.05) is 48.2 Å². The zero-order valence-corrected chi connectivity index (χ0v) is 14.8. The molecule has 0 saturated heterocycles. The molecule has 0 spiro atoms. The first-order chi connectivity index (χ1) is 12.5. The quantitative estimate of drug-likeness (QED) is 0.669. The minimum Gasteiger partial charge on any atom is -0.320 e. The molecular formula is C18H16F2N4OS. The topological polar surface area (TPSA) is 59.8 Å². The molecule has 3 aromatic rings. The Morgan fingerprint density at radius 3 is 2.46 bits per heavy atom. The average Bonchev–Trinajstić information content (AvgIpc) is 2.97. The van der Waals surface area contributed by atoms with Crippen LogP contribution in [-0.4, -0.2) is 26.4 Å². The fourth-order valence-corrected chi connectivity index (χ4v) is 3.12. The number of aryl methyl sites for hydroxylation is 1. The Bertz CT molecular complexity index is 895. The number of anilines is 1. The molecule has 1 amide bonds. The molecule has 26 heavy (non-hydrogen) atoms. The molecular weight excluding hydrogens is 358 g/mol. The SMILES string of the molecule is Cc1nnc(SCC(=O)Nc2c(F)cccc2F)n1Cc1ccccc1. The normalized spacial score (nSPS) is 10.7. The van der Waals surface area contributed by atoms with Gasteiger partial charge in [0, 0.05) is 0 Å². The van der Waals surface area contributed by atoms with Gasteiger partial charge < -0.3 is 9.88 Å². The highest BCUT2D eigenvalue weighted by Crippen LogP contribution is 2.21. The summed E-state index contributed by atoms with van der Waals surface area (Å²) < 4.78 is 29.1. The molecule has 0 aliphatic carbocycles. The summed E-state index contributed by atoms with van der Waals surface area (Å²) >= 11 is 1.16. The summed E-state index contributed by atoms with van der Waals surface area (Å²) in [7, 11) is 0. The number of halogens is 2. The van der Waals surface area contributed by atoms with Crippen molar-refractivity contribution in [2.75, 3.05) is 11.1 Å². The maximum atomic E-state index is 13.6. The first kappa shape index (κ1) is 18.1. The van der Waals surface area contributed by atoms with E-state index in [2.05, 4.69) is 15.5 Å². The molecule has 0 unspecified atom stereocenters. The fourth-order valence-electron chi connectivity index (χ4n) is 2.34. The second-order valence-electron chi connectivity index (χ2n) is 5.54. The van der Waals surface area contributed by atoms with Crippen LogP contribution < -0.4 is 5.32 Å². The van der Waals surface area contributed by atoms with Crippen LogP contribution in [0.5, 0.6) is 0 Å². The van der Waals surface area contributed by atoms with Crippen LogP contribution in [-0.2, 0) is 11.3 Å². The first-order valence-electron chi connectivity index (χ1n) is 7.85. The van der Waals surface area contributed by atoms with E-state index in [9.17, 15) is 13.6 Å². The van der Waals surface area contributed by atoms with Crippen LogP contribution in [0.1, 0.15) is 11.4 Å². The monoisotopic (exact) mass is 374 g/mol. The second-order valence-corrected chi connectivity index (χ2v) is 6.48. The molecule has 1 aromatic heterocycles. The van der Waals surface area contributed by atoms with Crippen LogP contribution >= 0.6 is 11.8 Å². The standard InChI is InChI=1S/C18H16F2N4OS/c1-12-22-23-18(24(12)10-13-6-3-2-4-7-13)26-11-16(25)21-17-14(19)8-5-9-15(17)20/h2-9H,10-11H2,1H3,(H,21,25). The Morgan fingerprint density at radius 2 is 1.77 bits per heavy atom. The van der Waals surface area contributed by atoms with E-state index in [-0.39, 0.29) is 5.75 Å². The van der Waals surface area contributed by atoms with Crippen molar-refractivity contribution >= 4 is 23.4 Å². The molecule has 5 nitrogen and oxygen atoms in total. The molecule has 0 radical (unpaired) electrons. The number of rotatable bonds is 6. The van der Waals surface area contributed by atoms with E-state index in [1.54, 1.807) is 0 Å². The maximum absolute atomic E-state index is 13.6. The highest BCUT2D eigenvalue weighted by atomic mass is 32.2. The molecule has 0 aliphatic heterocycles. The van der Waals surface area contributed by atoms with Crippen LogP contribution in [0.2, 0.25) is 0 Å². The number of hydrogen-bond acceptors (Lipinski definition) is 4. The van der Waals surface area contributed by atoms with Gasteiger partial charge in [0.15, 0.2) is 5.16 Å². The van der Waals surface area contributed by atoms with Crippen molar-refractivity contribution in [3.05, 3.63) is 71.6 Å². The van der Waals surface area contributed by atoms with Gasteiger partial charge in [-0.25, -0.2) is 8.78 Å². The zero-order chi connectivity index (χ0) is 18.5. The Balaban J connectivity index is 1.66. The maximum Gasteiger partial charge on any atom is 0.235 e. The smallest absolute Gasteiger partial charge is 0.235 e. The molecule has 0 saturated carbocycles. The van der Waals surface area contributed by atoms with Crippen LogP contribution in [0.4, 0.5) is 14.5 Å². The van der Waals surface area contributed by atoms with E-state index < -0.39 is 23.2 Å². The predicted octanol–water partition coefficient (Wildman–Crippen LogP) is 3.64. The molecule has 0 atom stereocenters. The lowest BCUT2D eigenvalue weighted by Crippen LogP contribution is -2.17. The zero-order valence-electron chi connectivity index (χ0n) is 13.9. The number of para-hydroxylation sites is 1. The molecule has 134 valence electrons. The molecule has 3 rings (SSSR count). The number of carbonyl (C=O) groups is 1. The Kier molecular flexibility index (Phi) is 5.62. The number of aromatic nitrogens is 3. The number of hydrogen-bond donors (Lipinski definition) is 1. The van der Waals surface area contributed by atoms with Crippen molar-refractivity contribution < 1.29 is 13.6 Å². The van der Waals surface area contributed by atoms with Crippen molar-refractivity contribution in [1.82, 2.24) is 14.8 Å². The lowest BCUT2D eigenvalue weighted by Gasteiger charge is -2.09. The number of nitrogens with one attached hydrogen (secondary N) is 1. The number of nitrogens with zero attached hydrogens (tertiary/aromatic N) is 3. The van der Waals surface area contributed by atoms with Crippen LogP contribution in [0.25, 0.3) is 0 Å². The summed E-state index contributed by atoms with van der Waals surface area (Å²) in [6, 6.07) is 13.2. The minimum atomic E-state index is -0.813. The lowest BCUT2D eigenvalue weighted by atomic mass is 10.2. The van der Waals surface area contributed by atoms with E-state index in [0.29, 0.717) is 11.7 Å². The van der Waals surface area contributed by atoms with Gasteiger partial charge in [0.1, 0.15) is 23.1 Å². The number of benzene rings is 2. The Morgan fingerprint density at radius 1 is 1.08 bits per heavy atom. The highest BCUT2D eigenvalue weighted by Gasteiger charge is 2.15. The lowest BCUT2D eigenvalue weighted by molar-refractivity contribution is -0.113. The third-order valence-electron chi connectivity index (χ3n) is 3.64. The van der Waals surface area contributed by atoms with Crippen molar-refractivity contribution in [3.8, 4) is 0 Å². The summed E-state index contributed by atoms with van der Waals surface area (Å²) in [5.74, 6) is -1.47. The summed E-state index contributed by atoms with van der Waals surface area (Å²) in [6.45, 7) is 2.40. The van der Waals surface area contributed by atoms with Crippen molar-refractivity contribution in [2.45, 2.75) is 18.6 Å². The average molecular weight is 374 g/mol. The number of carbonyl (C=O) groups excluding carboxylic acids is 1. The molecule has 2 aromatic carbocycles. The van der Waals surface area contributed by atoms with Crippen LogP contribution in [0.3, 0.4) is 0 Å². The van der Waals surface area contributed by atoms with Gasteiger partial charge >= 0.3 is 0 Å². The van der Waals surface area contributed by atoms with Gasteiger partial charge in [0.2, 0.25) is 5.91 Å². The van der Waals surface area contributed by atoms with E-state index in [1.807, 2.05) is 41.8 Å². The van der Waals surface area contributed by atoms with E-state index >= 15 is 0 Å². The fraction of sp³-hybridized carbons (Fsp3) is 0.167. The number of thioether (sulfide) groups is 1. The van der Waals surface area contributed by atoms with Crippen LogP contribution in [0.15, 0.2) is 53.7 Å². The third-order valence-corrected chi connectivity index (χ3v) is 4.61. The Hall–Kier alpha value is -2.74. The second kappa shape index (κ2) is 8.09. The van der Waals surface area contributed by atoms with E-state index in [1.165, 1.54) is 6.07 Å². The minimum absolute atomic E-state index is 0.0410. The van der Waals surface area contributed by atoms with Gasteiger partial charge in [0.05, 0.1) is 12.3 Å². The summed E-state index contributed by atoms with van der Waals surface area (Å²) in [5.41, 5.74) is 0.634. The van der Waals surface area contributed by atoms with Crippen molar-refractivity contribution in [2.24, 2.45) is 0 Å². The van der Waals surface area contributed by atoms with Crippen LogP contribution in [0, 0.1) is 18.6 Å². The summed E-state index contributed by atoms with van der Waals surface area (Å²) in [6.07, 6.45) is 0. The largest absolute Gasteiger partial charge is 0.320 e. The van der Waals surface area contributed by atoms with Gasteiger partial charge in [-0.15, -0.1) is 10.2 Å². The molecule has 0 bridgehead atoms. The van der Waals surface area contributed by atoms with Crippen molar-refractivity contribution in [3.63, 3.8) is 0 Å². The molecule has 8 heteroatoms. The van der Waals surface area contributed by atoms with Gasteiger partial charge in [0.25, 0.3) is 0 Å². The first-order valence-corrected chi connectivity index (χ1v) is 8.83. The van der Waals surface area contributed by atoms with Gasteiger partial charge in [-0.05, 0) is 24.6 Å². The highest BCUT2D eigenvalue weighted by molar-refractivity contribution is 7.99. The van der Waals surface area contributed by atoms with Crippen molar-refractivity contribution in [1.29, 1.82) is 0 Å². The Labute approximate surface area is 153 Å². The number of amides is 1. The van der Waals surface area contributed by atoms with E-state index in [4.69, 9.17) is 0 Å². The summed E-state index contributed by atoms with van der Waals surface area (Å²) in [4.78, 5) is 12.0. The molecule has 0 aliphatic rings. The predicted molar refractivity (Wildman–Crippen MR) is 96.0 cm³/mol. The van der Waals surface area contributed by atoms with Gasteiger partial charge in [-0.2, -0.15) is 0 Å².